The molecule has 1 N–H and O–H groups in total. The van der Waals surface area contributed by atoms with Gasteiger partial charge >= 0.3 is 6.18 Å². The average molecular weight is 365 g/mol. The minimum atomic E-state index is -4.73. The van der Waals surface area contributed by atoms with Crippen molar-refractivity contribution in [3.63, 3.8) is 0 Å². The van der Waals surface area contributed by atoms with Crippen LogP contribution in [0.2, 0.25) is 0 Å². The molecule has 134 valence electrons. The lowest BCUT2D eigenvalue weighted by Gasteiger charge is -2.38. The molecule has 1 saturated carbocycles. The summed E-state index contributed by atoms with van der Waals surface area (Å²) in [6, 6.07) is 3.71. The van der Waals surface area contributed by atoms with Crippen molar-refractivity contribution in [2.24, 2.45) is 0 Å². The Morgan fingerprint density at radius 2 is 1.71 bits per heavy atom. The number of alkyl halides is 3. The quantitative estimate of drug-likeness (QED) is 0.893. The second-order valence-electron chi connectivity index (χ2n) is 5.94. The van der Waals surface area contributed by atoms with Gasteiger partial charge < -0.3 is 9.47 Å². The Labute approximate surface area is 138 Å². The topological polar surface area (TPSA) is 64.6 Å². The molecule has 9 heteroatoms. The van der Waals surface area contributed by atoms with Crippen molar-refractivity contribution in [3.05, 3.63) is 29.8 Å². The van der Waals surface area contributed by atoms with Crippen molar-refractivity contribution in [3.8, 4) is 0 Å². The fourth-order valence-corrected chi connectivity index (χ4v) is 4.70. The van der Waals surface area contributed by atoms with Crippen LogP contribution in [0, 0.1) is 0 Å². The molecule has 0 aromatic heterocycles. The van der Waals surface area contributed by atoms with Crippen LogP contribution in [0.4, 0.5) is 13.2 Å². The molecule has 2 aliphatic rings. The standard InChI is InChI=1S/C15H18F3NO4S/c16-15(17,18)11-3-1-2-4-14(11)24(20,21)19-10-5-6-12-13(9-10)23-8-7-22-12/h1-4,10,12-13,19H,5-9H2/t10-,12-,13-/m1/s1. The van der Waals surface area contributed by atoms with Gasteiger partial charge in [0.1, 0.15) is 0 Å². The van der Waals surface area contributed by atoms with Gasteiger partial charge in [-0.25, -0.2) is 13.1 Å². The molecule has 5 nitrogen and oxygen atoms in total. The van der Waals surface area contributed by atoms with E-state index in [1.54, 1.807) is 0 Å². The third-order valence-corrected chi connectivity index (χ3v) is 5.86. The fraction of sp³-hybridized carbons (Fsp3) is 0.600. The van der Waals surface area contributed by atoms with Crippen LogP contribution < -0.4 is 4.72 Å². The van der Waals surface area contributed by atoms with E-state index in [1.807, 2.05) is 0 Å². The average Bonchev–Trinajstić information content (AvgIpc) is 2.53. The minimum absolute atomic E-state index is 0.0676. The molecular weight excluding hydrogens is 347 g/mol. The van der Waals surface area contributed by atoms with Gasteiger partial charge in [-0.1, -0.05) is 12.1 Å². The molecule has 0 bridgehead atoms. The summed E-state index contributed by atoms with van der Waals surface area (Å²) in [7, 11) is -4.28. The molecule has 24 heavy (non-hydrogen) atoms. The number of ether oxygens (including phenoxy) is 2. The van der Waals surface area contributed by atoms with Crippen molar-refractivity contribution in [1.82, 2.24) is 4.72 Å². The number of rotatable bonds is 3. The van der Waals surface area contributed by atoms with E-state index >= 15 is 0 Å². The summed E-state index contributed by atoms with van der Waals surface area (Å²) < 4.78 is 77.6. The summed E-state index contributed by atoms with van der Waals surface area (Å²) in [5.41, 5.74) is -1.16. The summed E-state index contributed by atoms with van der Waals surface area (Å²) in [6.07, 6.45) is -3.53. The first-order valence-corrected chi connectivity index (χ1v) is 9.17. The number of fused-ring (bicyclic) bond motifs is 1. The summed E-state index contributed by atoms with van der Waals surface area (Å²) >= 11 is 0. The summed E-state index contributed by atoms with van der Waals surface area (Å²) in [6.45, 7) is 0.952. The van der Waals surface area contributed by atoms with E-state index in [0.29, 0.717) is 32.5 Å². The molecule has 1 aliphatic carbocycles. The first-order chi connectivity index (χ1) is 11.3. The van der Waals surface area contributed by atoms with Gasteiger partial charge in [-0.15, -0.1) is 0 Å². The van der Waals surface area contributed by atoms with Crippen LogP contribution in [-0.2, 0) is 25.7 Å². The van der Waals surface area contributed by atoms with Gasteiger partial charge in [0.2, 0.25) is 10.0 Å². The molecule has 2 fully saturated rings. The second-order valence-corrected chi connectivity index (χ2v) is 7.63. The third-order valence-electron chi connectivity index (χ3n) is 4.28. The Morgan fingerprint density at radius 1 is 1.04 bits per heavy atom. The van der Waals surface area contributed by atoms with Crippen molar-refractivity contribution in [2.75, 3.05) is 13.2 Å². The molecule has 0 amide bonds. The Kier molecular flexibility index (Phi) is 4.87. The van der Waals surface area contributed by atoms with Gasteiger partial charge in [0, 0.05) is 6.04 Å². The maximum Gasteiger partial charge on any atom is 0.417 e. The predicted octanol–water partition coefficient (Wildman–Crippen LogP) is 2.32. The highest BCUT2D eigenvalue weighted by atomic mass is 32.2. The number of halogens is 3. The number of nitrogens with one attached hydrogen (secondary N) is 1. The Morgan fingerprint density at radius 3 is 2.42 bits per heavy atom. The zero-order valence-electron chi connectivity index (χ0n) is 12.8. The smallest absolute Gasteiger partial charge is 0.373 e. The van der Waals surface area contributed by atoms with E-state index in [2.05, 4.69) is 4.72 Å². The van der Waals surface area contributed by atoms with Crippen molar-refractivity contribution < 1.29 is 31.1 Å². The normalized spacial score (nSPS) is 28.4. The molecule has 1 heterocycles. The summed E-state index contributed by atoms with van der Waals surface area (Å²) in [5, 5.41) is 0. The van der Waals surface area contributed by atoms with E-state index in [0.717, 1.165) is 12.1 Å². The molecule has 3 rings (SSSR count). The molecule has 0 unspecified atom stereocenters. The predicted molar refractivity (Wildman–Crippen MR) is 78.9 cm³/mol. The number of sulfonamides is 1. The van der Waals surface area contributed by atoms with Crippen LogP contribution in [0.25, 0.3) is 0 Å². The van der Waals surface area contributed by atoms with Crippen LogP contribution in [0.15, 0.2) is 29.2 Å². The minimum Gasteiger partial charge on any atom is -0.373 e. The lowest BCUT2D eigenvalue weighted by atomic mass is 9.90. The van der Waals surface area contributed by atoms with E-state index < -0.39 is 32.7 Å². The van der Waals surface area contributed by atoms with Crippen LogP contribution in [0.5, 0.6) is 0 Å². The molecule has 3 atom stereocenters. The second kappa shape index (κ2) is 6.62. The van der Waals surface area contributed by atoms with Gasteiger partial charge in [-0.3, -0.25) is 0 Å². The summed E-state index contributed by atoms with van der Waals surface area (Å²) in [5.74, 6) is 0. The number of benzene rings is 1. The zero-order chi connectivity index (χ0) is 17.4. The van der Waals surface area contributed by atoms with Crippen LogP contribution >= 0.6 is 0 Å². The molecule has 1 aliphatic heterocycles. The lowest BCUT2D eigenvalue weighted by Crippen LogP contribution is -2.49. The van der Waals surface area contributed by atoms with Crippen molar-refractivity contribution in [1.29, 1.82) is 0 Å². The first kappa shape index (κ1) is 17.7. The molecule has 1 saturated heterocycles. The van der Waals surface area contributed by atoms with Crippen molar-refractivity contribution >= 4 is 10.0 Å². The molecule has 0 spiro atoms. The van der Waals surface area contributed by atoms with E-state index in [9.17, 15) is 21.6 Å². The molecule has 0 radical (unpaired) electrons. The highest BCUT2D eigenvalue weighted by molar-refractivity contribution is 7.89. The van der Waals surface area contributed by atoms with E-state index in [4.69, 9.17) is 9.47 Å². The van der Waals surface area contributed by atoms with E-state index in [-0.39, 0.29) is 12.2 Å². The largest absolute Gasteiger partial charge is 0.417 e. The first-order valence-electron chi connectivity index (χ1n) is 7.69. The van der Waals surface area contributed by atoms with Gasteiger partial charge in [0.25, 0.3) is 0 Å². The van der Waals surface area contributed by atoms with E-state index in [1.165, 1.54) is 12.1 Å². The lowest BCUT2D eigenvalue weighted by molar-refractivity contribution is -0.156. The fourth-order valence-electron chi connectivity index (χ4n) is 3.19. The maximum atomic E-state index is 13.0. The number of hydrogen-bond acceptors (Lipinski definition) is 4. The highest BCUT2D eigenvalue weighted by Crippen LogP contribution is 2.34. The third kappa shape index (κ3) is 3.74. The van der Waals surface area contributed by atoms with Gasteiger partial charge in [0.05, 0.1) is 35.9 Å². The SMILES string of the molecule is O=S(=O)(N[C@@H]1CC[C@H]2OCCO[C@@H]2C1)c1ccccc1C(F)(F)F. The Bertz CT molecular complexity index is 692. The van der Waals surface area contributed by atoms with Crippen LogP contribution in [0.3, 0.4) is 0 Å². The Balaban J connectivity index is 1.78. The van der Waals surface area contributed by atoms with Gasteiger partial charge in [-0.05, 0) is 31.4 Å². The van der Waals surface area contributed by atoms with Crippen LogP contribution in [-0.4, -0.2) is 39.9 Å². The van der Waals surface area contributed by atoms with Crippen molar-refractivity contribution in [2.45, 2.75) is 48.6 Å². The van der Waals surface area contributed by atoms with Gasteiger partial charge in [-0.2, -0.15) is 13.2 Å². The maximum absolute atomic E-state index is 13.0. The van der Waals surface area contributed by atoms with Crippen LogP contribution in [0.1, 0.15) is 24.8 Å². The van der Waals surface area contributed by atoms with Gasteiger partial charge in [0.15, 0.2) is 0 Å². The zero-order valence-corrected chi connectivity index (χ0v) is 13.6. The Hall–Kier alpha value is -1.16. The summed E-state index contributed by atoms with van der Waals surface area (Å²) in [4.78, 5) is -0.750. The molecule has 1 aromatic rings. The number of hydrogen-bond donors (Lipinski definition) is 1. The highest BCUT2D eigenvalue weighted by Gasteiger charge is 2.39. The molecular formula is C15H18F3NO4S. The molecule has 1 aromatic carbocycles. The monoisotopic (exact) mass is 365 g/mol.